The number of ether oxygens (including phenoxy) is 1. The summed E-state index contributed by atoms with van der Waals surface area (Å²) in [7, 11) is 0. The molecule has 0 saturated heterocycles. The van der Waals surface area contributed by atoms with Gasteiger partial charge in [0.05, 0.1) is 6.21 Å². The van der Waals surface area contributed by atoms with Gasteiger partial charge in [-0.3, -0.25) is 14.4 Å². The summed E-state index contributed by atoms with van der Waals surface area (Å²) in [5, 5.41) is 9.02. The minimum atomic E-state index is -0.869. The molecule has 0 spiro atoms. The van der Waals surface area contributed by atoms with Crippen molar-refractivity contribution in [3.63, 3.8) is 0 Å². The van der Waals surface area contributed by atoms with Crippen LogP contribution in [0.3, 0.4) is 0 Å². The van der Waals surface area contributed by atoms with Crippen LogP contribution >= 0.6 is 0 Å². The topological polar surface area (TPSA) is 109 Å². The first kappa shape index (κ1) is 21.6. The van der Waals surface area contributed by atoms with Crippen LogP contribution in [0.1, 0.15) is 25.0 Å². The Balaban J connectivity index is 1.93. The van der Waals surface area contributed by atoms with E-state index in [1.54, 1.807) is 38.1 Å². The molecule has 8 nitrogen and oxygen atoms in total. The van der Waals surface area contributed by atoms with Crippen molar-refractivity contribution in [2.45, 2.75) is 26.8 Å². The zero-order chi connectivity index (χ0) is 21.2. The molecule has 0 bridgehead atoms. The summed E-state index contributed by atoms with van der Waals surface area (Å²) in [6.45, 7) is 5.20. The summed E-state index contributed by atoms with van der Waals surface area (Å²) >= 11 is 0. The first-order valence-electron chi connectivity index (χ1n) is 9.08. The molecule has 0 aromatic heterocycles. The van der Waals surface area contributed by atoms with Crippen molar-refractivity contribution in [2.75, 3.05) is 11.9 Å². The second kappa shape index (κ2) is 10.6. The fourth-order valence-electron chi connectivity index (χ4n) is 2.30. The summed E-state index contributed by atoms with van der Waals surface area (Å²) < 4.78 is 5.57. The summed E-state index contributed by atoms with van der Waals surface area (Å²) in [6.07, 6.45) is 1.34. The van der Waals surface area contributed by atoms with E-state index in [2.05, 4.69) is 21.2 Å². The number of nitrogens with zero attached hydrogens (tertiary/aromatic N) is 1. The van der Waals surface area contributed by atoms with Crippen molar-refractivity contribution >= 4 is 29.6 Å². The molecule has 29 heavy (non-hydrogen) atoms. The highest BCUT2D eigenvalue weighted by Crippen LogP contribution is 2.16. The summed E-state index contributed by atoms with van der Waals surface area (Å²) in [5.74, 6) is -1.53. The van der Waals surface area contributed by atoms with Gasteiger partial charge in [0.15, 0.2) is 6.61 Å². The lowest BCUT2D eigenvalue weighted by molar-refractivity contribution is -0.139. The molecule has 0 heterocycles. The van der Waals surface area contributed by atoms with Gasteiger partial charge in [0.2, 0.25) is 0 Å². The molecular formula is C21H24N4O4. The Labute approximate surface area is 169 Å². The molecule has 0 fully saturated rings. The number of anilines is 1. The molecule has 0 aliphatic carbocycles. The predicted octanol–water partition coefficient (Wildman–Crippen LogP) is 1.99. The fraction of sp³-hybridized carbons (Fsp3) is 0.238. The fourth-order valence-corrected chi connectivity index (χ4v) is 2.30. The highest BCUT2D eigenvalue weighted by molar-refractivity contribution is 6.35. The monoisotopic (exact) mass is 396 g/mol. The number of carbonyl (C=O) groups is 3. The van der Waals surface area contributed by atoms with Crippen LogP contribution in [0.5, 0.6) is 5.75 Å². The van der Waals surface area contributed by atoms with E-state index >= 15 is 0 Å². The standard InChI is InChI=1S/C21H24N4O4/c1-14(2)23-20(27)21(28)25-22-12-16-9-5-7-11-18(16)29-13-19(26)24-17-10-6-4-8-15(17)3/h4-12,14H,13H2,1-3H3,(H,23,27)(H,24,26)(H,25,28)/b22-12-. The number of hydrazone groups is 1. The van der Waals surface area contributed by atoms with Crippen molar-refractivity contribution in [1.82, 2.24) is 10.7 Å². The lowest BCUT2D eigenvalue weighted by Gasteiger charge is -2.11. The maximum Gasteiger partial charge on any atom is 0.329 e. The van der Waals surface area contributed by atoms with Crippen LogP contribution in [0.4, 0.5) is 5.69 Å². The highest BCUT2D eigenvalue weighted by Gasteiger charge is 2.13. The summed E-state index contributed by atoms with van der Waals surface area (Å²) in [4.78, 5) is 35.3. The third kappa shape index (κ3) is 7.10. The second-order valence-electron chi connectivity index (χ2n) is 6.52. The molecule has 2 aromatic carbocycles. The van der Waals surface area contributed by atoms with E-state index in [1.807, 2.05) is 31.2 Å². The number of hydrogen-bond acceptors (Lipinski definition) is 5. The molecule has 0 atom stereocenters. The largest absolute Gasteiger partial charge is 0.483 e. The highest BCUT2D eigenvalue weighted by atomic mass is 16.5. The van der Waals surface area contributed by atoms with E-state index in [9.17, 15) is 14.4 Å². The molecule has 2 aromatic rings. The molecule has 0 unspecified atom stereocenters. The average Bonchev–Trinajstić information content (AvgIpc) is 2.68. The number of hydrogen-bond donors (Lipinski definition) is 3. The molecule has 0 radical (unpaired) electrons. The minimum absolute atomic E-state index is 0.155. The number of amides is 3. The predicted molar refractivity (Wildman–Crippen MR) is 111 cm³/mol. The Morgan fingerprint density at radius 1 is 1.03 bits per heavy atom. The van der Waals surface area contributed by atoms with Gasteiger partial charge in [-0.25, -0.2) is 5.43 Å². The molecule has 8 heteroatoms. The number of aryl methyl sites for hydroxylation is 1. The zero-order valence-corrected chi connectivity index (χ0v) is 16.6. The number of rotatable bonds is 7. The van der Waals surface area contributed by atoms with Crippen LogP contribution in [-0.2, 0) is 14.4 Å². The maximum absolute atomic E-state index is 12.1. The molecule has 0 aliphatic heterocycles. The van der Waals surface area contributed by atoms with Gasteiger partial charge in [-0.15, -0.1) is 0 Å². The van der Waals surface area contributed by atoms with Gasteiger partial charge >= 0.3 is 11.8 Å². The SMILES string of the molecule is Cc1ccccc1NC(=O)COc1ccccc1/C=N\NC(=O)C(=O)NC(C)C. The van der Waals surface area contributed by atoms with Crippen molar-refractivity contribution in [1.29, 1.82) is 0 Å². The van der Waals surface area contributed by atoms with E-state index in [1.165, 1.54) is 6.21 Å². The molecule has 2 rings (SSSR count). The van der Waals surface area contributed by atoms with E-state index < -0.39 is 11.8 Å². The molecular weight excluding hydrogens is 372 g/mol. The van der Waals surface area contributed by atoms with E-state index in [-0.39, 0.29) is 18.6 Å². The van der Waals surface area contributed by atoms with Gasteiger partial charge in [-0.1, -0.05) is 30.3 Å². The van der Waals surface area contributed by atoms with Crippen LogP contribution in [0, 0.1) is 6.92 Å². The van der Waals surface area contributed by atoms with Crippen molar-refractivity contribution < 1.29 is 19.1 Å². The Morgan fingerprint density at radius 3 is 2.45 bits per heavy atom. The van der Waals surface area contributed by atoms with Crippen LogP contribution in [0.2, 0.25) is 0 Å². The quantitative estimate of drug-likeness (QED) is 0.378. The van der Waals surface area contributed by atoms with Gasteiger partial charge in [-0.2, -0.15) is 5.10 Å². The molecule has 0 aliphatic rings. The zero-order valence-electron chi connectivity index (χ0n) is 16.6. The summed E-state index contributed by atoms with van der Waals surface area (Å²) in [5.41, 5.74) is 4.36. The Morgan fingerprint density at radius 2 is 1.72 bits per heavy atom. The maximum atomic E-state index is 12.1. The van der Waals surface area contributed by atoms with Crippen molar-refractivity contribution in [3.8, 4) is 5.75 Å². The van der Waals surface area contributed by atoms with Crippen LogP contribution in [-0.4, -0.2) is 36.6 Å². The van der Waals surface area contributed by atoms with E-state index in [0.29, 0.717) is 11.3 Å². The van der Waals surface area contributed by atoms with Crippen LogP contribution < -0.4 is 20.8 Å². The third-order valence-corrected chi connectivity index (χ3v) is 3.69. The first-order valence-corrected chi connectivity index (χ1v) is 9.08. The minimum Gasteiger partial charge on any atom is -0.483 e. The smallest absolute Gasteiger partial charge is 0.329 e. The molecule has 152 valence electrons. The number of carbonyl (C=O) groups excluding carboxylic acids is 3. The van der Waals surface area contributed by atoms with Gasteiger partial charge in [0.25, 0.3) is 5.91 Å². The number of benzene rings is 2. The van der Waals surface area contributed by atoms with E-state index in [4.69, 9.17) is 4.74 Å². The van der Waals surface area contributed by atoms with Crippen molar-refractivity contribution in [2.24, 2.45) is 5.10 Å². The van der Waals surface area contributed by atoms with E-state index in [0.717, 1.165) is 11.3 Å². The molecule has 3 amide bonds. The average molecular weight is 396 g/mol. The molecule has 0 saturated carbocycles. The van der Waals surface area contributed by atoms with Gasteiger partial charge in [0, 0.05) is 17.3 Å². The van der Waals surface area contributed by atoms with Crippen molar-refractivity contribution in [3.05, 3.63) is 59.7 Å². The Hall–Kier alpha value is -3.68. The Bertz CT molecular complexity index is 909. The summed E-state index contributed by atoms with van der Waals surface area (Å²) in [6, 6.07) is 14.2. The normalized spacial score (nSPS) is 10.6. The number of nitrogens with one attached hydrogen (secondary N) is 3. The van der Waals surface area contributed by atoms with Crippen LogP contribution in [0.15, 0.2) is 53.6 Å². The lowest BCUT2D eigenvalue weighted by Crippen LogP contribution is -2.41. The van der Waals surface area contributed by atoms with Gasteiger partial charge < -0.3 is 15.4 Å². The Kier molecular flexibility index (Phi) is 7.90. The van der Waals surface area contributed by atoms with Crippen LogP contribution in [0.25, 0.3) is 0 Å². The lowest BCUT2D eigenvalue weighted by atomic mass is 10.2. The number of para-hydroxylation sites is 2. The second-order valence-corrected chi connectivity index (χ2v) is 6.52. The van der Waals surface area contributed by atoms with Gasteiger partial charge in [0.1, 0.15) is 5.75 Å². The first-order chi connectivity index (χ1) is 13.9. The third-order valence-electron chi connectivity index (χ3n) is 3.69. The van der Waals surface area contributed by atoms with Gasteiger partial charge in [-0.05, 0) is 44.5 Å². The molecule has 3 N–H and O–H groups in total.